The van der Waals surface area contributed by atoms with Gasteiger partial charge in [-0.15, -0.1) is 11.3 Å². The van der Waals surface area contributed by atoms with Crippen molar-refractivity contribution in [3.8, 4) is 11.3 Å². The second-order valence-electron chi connectivity index (χ2n) is 5.55. The first kappa shape index (κ1) is 16.4. The van der Waals surface area contributed by atoms with Crippen LogP contribution in [0.15, 0.2) is 36.4 Å². The number of thiazole rings is 1. The van der Waals surface area contributed by atoms with E-state index in [4.69, 9.17) is 0 Å². The highest BCUT2D eigenvalue weighted by molar-refractivity contribution is 7.14. The zero-order valence-corrected chi connectivity index (χ0v) is 14.9. The van der Waals surface area contributed by atoms with Crippen LogP contribution in [0.5, 0.6) is 0 Å². The standard InChI is InChI=1S/C18H20N4OS/c1-4-22-15(10-12(2)21-22)11-19-18(23)17-16(20-13(3)24-17)14-8-6-5-7-9-14/h5-10H,4,11H2,1-3H3,(H,19,23). The first-order chi connectivity index (χ1) is 11.6. The molecular formula is C18H20N4OS. The van der Waals surface area contributed by atoms with Crippen LogP contribution in [-0.2, 0) is 13.1 Å². The molecule has 1 amide bonds. The maximum absolute atomic E-state index is 12.7. The summed E-state index contributed by atoms with van der Waals surface area (Å²) in [5.74, 6) is -0.0963. The van der Waals surface area contributed by atoms with Crippen molar-refractivity contribution in [1.29, 1.82) is 0 Å². The maximum Gasteiger partial charge on any atom is 0.263 e. The monoisotopic (exact) mass is 340 g/mol. The molecule has 3 aromatic rings. The Kier molecular flexibility index (Phi) is 4.76. The number of amides is 1. The van der Waals surface area contributed by atoms with E-state index in [0.29, 0.717) is 11.4 Å². The van der Waals surface area contributed by atoms with E-state index in [9.17, 15) is 4.79 Å². The summed E-state index contributed by atoms with van der Waals surface area (Å²) in [6.45, 7) is 7.16. The molecule has 1 aromatic carbocycles. The van der Waals surface area contributed by atoms with Crippen LogP contribution < -0.4 is 5.32 Å². The van der Waals surface area contributed by atoms with Gasteiger partial charge in [-0.05, 0) is 26.8 Å². The predicted octanol–water partition coefficient (Wildman–Crippen LogP) is 3.57. The van der Waals surface area contributed by atoms with Crippen molar-refractivity contribution in [3.63, 3.8) is 0 Å². The number of rotatable bonds is 5. The van der Waals surface area contributed by atoms with E-state index >= 15 is 0 Å². The Morgan fingerprint density at radius 2 is 2.00 bits per heavy atom. The zero-order valence-electron chi connectivity index (χ0n) is 14.0. The van der Waals surface area contributed by atoms with Gasteiger partial charge in [0.15, 0.2) is 0 Å². The van der Waals surface area contributed by atoms with Crippen molar-refractivity contribution in [3.05, 3.63) is 57.7 Å². The molecule has 0 atom stereocenters. The summed E-state index contributed by atoms with van der Waals surface area (Å²) >= 11 is 1.42. The lowest BCUT2D eigenvalue weighted by Gasteiger charge is -2.07. The Hall–Kier alpha value is -2.47. The molecule has 0 radical (unpaired) electrons. The highest BCUT2D eigenvalue weighted by Gasteiger charge is 2.18. The molecule has 0 aliphatic heterocycles. The third kappa shape index (κ3) is 3.38. The quantitative estimate of drug-likeness (QED) is 0.772. The van der Waals surface area contributed by atoms with E-state index in [1.807, 2.05) is 61.9 Å². The molecule has 5 nitrogen and oxygen atoms in total. The minimum absolute atomic E-state index is 0.0963. The first-order valence-electron chi connectivity index (χ1n) is 7.93. The highest BCUT2D eigenvalue weighted by atomic mass is 32.1. The molecule has 1 N–H and O–H groups in total. The normalized spacial score (nSPS) is 10.8. The van der Waals surface area contributed by atoms with Gasteiger partial charge in [0.25, 0.3) is 5.91 Å². The number of nitrogens with zero attached hydrogens (tertiary/aromatic N) is 3. The largest absolute Gasteiger partial charge is 0.346 e. The van der Waals surface area contributed by atoms with Gasteiger partial charge < -0.3 is 5.32 Å². The highest BCUT2D eigenvalue weighted by Crippen LogP contribution is 2.27. The van der Waals surface area contributed by atoms with Gasteiger partial charge in [0, 0.05) is 12.1 Å². The molecule has 0 aliphatic carbocycles. The SMILES string of the molecule is CCn1nc(C)cc1CNC(=O)c1sc(C)nc1-c1ccccc1. The zero-order chi connectivity index (χ0) is 17.1. The van der Waals surface area contributed by atoms with Gasteiger partial charge in [0.1, 0.15) is 4.88 Å². The van der Waals surface area contributed by atoms with E-state index in [-0.39, 0.29) is 5.91 Å². The summed E-state index contributed by atoms with van der Waals surface area (Å²) in [4.78, 5) is 17.8. The summed E-state index contributed by atoms with van der Waals surface area (Å²) in [5.41, 5.74) is 3.67. The minimum Gasteiger partial charge on any atom is -0.346 e. The Labute approximate surface area is 145 Å². The predicted molar refractivity (Wildman–Crippen MR) is 96.1 cm³/mol. The van der Waals surface area contributed by atoms with E-state index in [1.165, 1.54) is 11.3 Å². The summed E-state index contributed by atoms with van der Waals surface area (Å²) in [7, 11) is 0. The molecule has 0 saturated carbocycles. The molecule has 0 bridgehead atoms. The van der Waals surface area contributed by atoms with Gasteiger partial charge >= 0.3 is 0 Å². The number of carbonyl (C=O) groups is 1. The fourth-order valence-corrected chi connectivity index (χ4v) is 3.50. The smallest absolute Gasteiger partial charge is 0.263 e. The van der Waals surface area contributed by atoms with Crippen LogP contribution in [0.3, 0.4) is 0 Å². The van der Waals surface area contributed by atoms with Gasteiger partial charge in [-0.25, -0.2) is 4.98 Å². The Balaban J connectivity index is 1.81. The molecule has 0 saturated heterocycles. The number of nitrogens with one attached hydrogen (secondary N) is 1. The van der Waals surface area contributed by atoms with Gasteiger partial charge in [-0.1, -0.05) is 30.3 Å². The second-order valence-corrected chi connectivity index (χ2v) is 6.76. The van der Waals surface area contributed by atoms with Crippen LogP contribution in [-0.4, -0.2) is 20.7 Å². The molecule has 24 heavy (non-hydrogen) atoms. The second kappa shape index (κ2) is 6.97. The van der Waals surface area contributed by atoms with Crippen molar-refractivity contribution >= 4 is 17.2 Å². The maximum atomic E-state index is 12.7. The molecule has 0 fully saturated rings. The van der Waals surface area contributed by atoms with Gasteiger partial charge in [0.2, 0.25) is 0 Å². The minimum atomic E-state index is -0.0963. The van der Waals surface area contributed by atoms with Gasteiger partial charge in [-0.3, -0.25) is 9.48 Å². The van der Waals surface area contributed by atoms with Crippen molar-refractivity contribution in [1.82, 2.24) is 20.1 Å². The molecule has 0 spiro atoms. The number of carbonyl (C=O) groups excluding carboxylic acids is 1. The summed E-state index contributed by atoms with van der Waals surface area (Å²) < 4.78 is 1.91. The van der Waals surface area contributed by atoms with Crippen LogP contribution in [0.4, 0.5) is 0 Å². The molecule has 6 heteroatoms. The number of aromatic nitrogens is 3. The topological polar surface area (TPSA) is 59.8 Å². The van der Waals surface area contributed by atoms with Crippen molar-refractivity contribution in [2.45, 2.75) is 33.9 Å². The summed E-state index contributed by atoms with van der Waals surface area (Å²) in [5, 5.41) is 8.28. The van der Waals surface area contributed by atoms with Crippen molar-refractivity contribution in [2.75, 3.05) is 0 Å². The van der Waals surface area contributed by atoms with E-state index in [2.05, 4.69) is 15.4 Å². The lowest BCUT2D eigenvalue weighted by Crippen LogP contribution is -2.24. The summed E-state index contributed by atoms with van der Waals surface area (Å²) in [6.07, 6.45) is 0. The number of hydrogen-bond donors (Lipinski definition) is 1. The molecule has 124 valence electrons. The molecule has 3 rings (SSSR count). The fraction of sp³-hybridized carbons (Fsp3) is 0.278. The fourth-order valence-electron chi connectivity index (χ4n) is 2.64. The lowest BCUT2D eigenvalue weighted by molar-refractivity contribution is 0.0954. The van der Waals surface area contributed by atoms with E-state index < -0.39 is 0 Å². The Bertz CT molecular complexity index is 851. The van der Waals surface area contributed by atoms with Crippen molar-refractivity contribution in [2.24, 2.45) is 0 Å². The van der Waals surface area contributed by atoms with E-state index in [1.54, 1.807) is 0 Å². The number of aryl methyl sites for hydroxylation is 3. The Morgan fingerprint density at radius 1 is 1.25 bits per heavy atom. The third-order valence-corrected chi connectivity index (χ3v) is 4.67. The first-order valence-corrected chi connectivity index (χ1v) is 8.74. The Morgan fingerprint density at radius 3 is 2.71 bits per heavy atom. The van der Waals surface area contributed by atoms with Crippen LogP contribution >= 0.6 is 11.3 Å². The molecule has 2 aromatic heterocycles. The van der Waals surface area contributed by atoms with Crippen LogP contribution in [0.25, 0.3) is 11.3 Å². The lowest BCUT2D eigenvalue weighted by atomic mass is 10.1. The van der Waals surface area contributed by atoms with Crippen LogP contribution in [0, 0.1) is 13.8 Å². The van der Waals surface area contributed by atoms with Crippen LogP contribution in [0.2, 0.25) is 0 Å². The number of hydrogen-bond acceptors (Lipinski definition) is 4. The third-order valence-electron chi connectivity index (χ3n) is 3.70. The number of benzene rings is 1. The molecular weight excluding hydrogens is 320 g/mol. The molecule has 2 heterocycles. The van der Waals surface area contributed by atoms with Gasteiger partial charge in [0.05, 0.1) is 28.6 Å². The van der Waals surface area contributed by atoms with Crippen molar-refractivity contribution < 1.29 is 4.79 Å². The van der Waals surface area contributed by atoms with Crippen LogP contribution in [0.1, 0.15) is 33.0 Å². The van der Waals surface area contributed by atoms with Gasteiger partial charge in [-0.2, -0.15) is 5.10 Å². The average Bonchev–Trinajstić information content (AvgIpc) is 3.15. The molecule has 0 unspecified atom stereocenters. The molecule has 0 aliphatic rings. The summed E-state index contributed by atoms with van der Waals surface area (Å²) in [6, 6.07) is 11.8. The average molecular weight is 340 g/mol. The van der Waals surface area contributed by atoms with E-state index in [0.717, 1.165) is 34.2 Å².